The lowest BCUT2D eigenvalue weighted by atomic mass is 10.0. The Morgan fingerprint density at radius 3 is 3.18 bits per heavy atom. The summed E-state index contributed by atoms with van der Waals surface area (Å²) in [4.78, 5) is 4.47. The Balaban J connectivity index is 2.48. The average Bonchev–Trinajstić information content (AvgIpc) is 2.06. The first-order chi connectivity index (χ1) is 5.38. The third-order valence-corrected chi connectivity index (χ3v) is 2.99. The Labute approximate surface area is 82.0 Å². The van der Waals surface area contributed by atoms with E-state index in [2.05, 4.69) is 39.8 Å². The Kier molecular flexibility index (Phi) is 4.18. The first-order valence-corrected chi connectivity index (χ1v) is 5.75. The number of aliphatic imine (C=N–C) groups is 1. The third kappa shape index (κ3) is 2.61. The summed E-state index contributed by atoms with van der Waals surface area (Å²) in [6.45, 7) is 4.16. The molecule has 3 heteroatoms. The van der Waals surface area contributed by atoms with Gasteiger partial charge in [0.1, 0.15) is 5.84 Å². The zero-order chi connectivity index (χ0) is 8.10. The van der Waals surface area contributed by atoms with Crippen LogP contribution >= 0.6 is 22.6 Å². The van der Waals surface area contributed by atoms with E-state index in [0.717, 1.165) is 13.1 Å². The number of hydrogen-bond donors (Lipinski definition) is 1. The van der Waals surface area contributed by atoms with E-state index in [4.69, 9.17) is 0 Å². The molecule has 1 heterocycles. The summed E-state index contributed by atoms with van der Waals surface area (Å²) in [6, 6.07) is 0. The lowest BCUT2D eigenvalue weighted by Crippen LogP contribution is -2.34. The van der Waals surface area contributed by atoms with Gasteiger partial charge in [0, 0.05) is 23.4 Å². The number of amidine groups is 1. The predicted molar refractivity (Wildman–Crippen MR) is 57.6 cm³/mol. The van der Waals surface area contributed by atoms with Gasteiger partial charge in [0.2, 0.25) is 0 Å². The van der Waals surface area contributed by atoms with Gasteiger partial charge in [0.25, 0.3) is 0 Å². The highest BCUT2D eigenvalue weighted by Crippen LogP contribution is 2.15. The van der Waals surface area contributed by atoms with Crippen LogP contribution in [0.25, 0.3) is 0 Å². The summed E-state index contributed by atoms with van der Waals surface area (Å²) >= 11 is 2.44. The summed E-state index contributed by atoms with van der Waals surface area (Å²) in [5.41, 5.74) is 0. The van der Waals surface area contributed by atoms with E-state index >= 15 is 0 Å². The van der Waals surface area contributed by atoms with Crippen LogP contribution in [0, 0.1) is 5.92 Å². The van der Waals surface area contributed by atoms with Crippen LogP contribution in [0.15, 0.2) is 4.99 Å². The van der Waals surface area contributed by atoms with Crippen LogP contribution in [0.3, 0.4) is 0 Å². The van der Waals surface area contributed by atoms with Crippen molar-refractivity contribution in [2.75, 3.05) is 17.5 Å². The molecule has 0 amide bonds. The Morgan fingerprint density at radius 1 is 1.73 bits per heavy atom. The average molecular weight is 266 g/mol. The number of nitrogens with zero attached hydrogens (tertiary/aromatic N) is 1. The van der Waals surface area contributed by atoms with Gasteiger partial charge < -0.3 is 5.32 Å². The normalized spacial score (nSPS) is 24.5. The van der Waals surface area contributed by atoms with Gasteiger partial charge in [0.15, 0.2) is 0 Å². The lowest BCUT2D eigenvalue weighted by Gasteiger charge is -2.21. The first kappa shape index (κ1) is 9.29. The zero-order valence-electron chi connectivity index (χ0n) is 6.94. The maximum atomic E-state index is 4.47. The minimum atomic E-state index is 0.698. The second-order valence-electron chi connectivity index (χ2n) is 2.79. The minimum absolute atomic E-state index is 0.698. The molecule has 0 bridgehead atoms. The molecule has 0 aromatic rings. The molecule has 0 aromatic heterocycles. The fourth-order valence-electron chi connectivity index (χ4n) is 1.33. The number of alkyl halides is 1. The van der Waals surface area contributed by atoms with Crippen molar-refractivity contribution in [3.8, 4) is 0 Å². The van der Waals surface area contributed by atoms with Crippen LogP contribution < -0.4 is 5.32 Å². The van der Waals surface area contributed by atoms with E-state index in [1.54, 1.807) is 0 Å². The van der Waals surface area contributed by atoms with E-state index < -0.39 is 0 Å². The minimum Gasteiger partial charge on any atom is -0.374 e. The van der Waals surface area contributed by atoms with Gasteiger partial charge in [-0.25, -0.2) is 0 Å². The molecule has 1 aliphatic heterocycles. The van der Waals surface area contributed by atoms with Crippen molar-refractivity contribution < 1.29 is 0 Å². The number of halogens is 1. The summed E-state index contributed by atoms with van der Waals surface area (Å²) in [7, 11) is 0. The molecule has 1 aliphatic rings. The van der Waals surface area contributed by atoms with E-state index in [-0.39, 0.29) is 0 Å². The van der Waals surface area contributed by atoms with Gasteiger partial charge in [0.05, 0.1) is 0 Å². The maximum Gasteiger partial charge on any atom is 0.100 e. The highest BCUT2D eigenvalue weighted by Gasteiger charge is 2.16. The zero-order valence-corrected chi connectivity index (χ0v) is 9.10. The summed E-state index contributed by atoms with van der Waals surface area (Å²) in [5, 5.41) is 3.33. The monoisotopic (exact) mass is 266 g/mol. The van der Waals surface area contributed by atoms with Gasteiger partial charge in [-0.3, -0.25) is 4.99 Å². The van der Waals surface area contributed by atoms with Crippen molar-refractivity contribution >= 4 is 28.4 Å². The summed E-state index contributed by atoms with van der Waals surface area (Å²) < 4.78 is 1.20. The molecule has 0 radical (unpaired) electrons. The van der Waals surface area contributed by atoms with E-state index in [1.165, 1.54) is 23.1 Å². The second-order valence-corrected chi connectivity index (χ2v) is 3.67. The molecule has 1 N–H and O–H groups in total. The van der Waals surface area contributed by atoms with Gasteiger partial charge in [-0.2, -0.15) is 0 Å². The molecular weight excluding hydrogens is 251 g/mol. The Bertz CT molecular complexity index is 145. The summed E-state index contributed by atoms with van der Waals surface area (Å²) in [5.74, 6) is 1.94. The fourth-order valence-corrected chi connectivity index (χ4v) is 2.19. The van der Waals surface area contributed by atoms with E-state index in [0.29, 0.717) is 5.92 Å². The van der Waals surface area contributed by atoms with Crippen molar-refractivity contribution in [2.24, 2.45) is 10.9 Å². The molecule has 0 aromatic carbocycles. The molecule has 1 unspecified atom stereocenters. The van der Waals surface area contributed by atoms with E-state index in [1.807, 2.05) is 0 Å². The quantitative estimate of drug-likeness (QED) is 0.598. The SMILES string of the molecule is CCNC1=NCCCC1CI. The highest BCUT2D eigenvalue weighted by atomic mass is 127. The molecule has 2 nitrogen and oxygen atoms in total. The number of nitrogens with one attached hydrogen (secondary N) is 1. The lowest BCUT2D eigenvalue weighted by molar-refractivity contribution is 0.599. The molecule has 0 saturated carbocycles. The largest absolute Gasteiger partial charge is 0.374 e. The van der Waals surface area contributed by atoms with Crippen LogP contribution in [0.2, 0.25) is 0 Å². The molecule has 1 atom stereocenters. The fraction of sp³-hybridized carbons (Fsp3) is 0.875. The molecule has 0 aliphatic carbocycles. The summed E-state index contributed by atoms with van der Waals surface area (Å²) in [6.07, 6.45) is 2.58. The van der Waals surface area contributed by atoms with Gasteiger partial charge >= 0.3 is 0 Å². The molecule has 0 fully saturated rings. The predicted octanol–water partition coefficient (Wildman–Crippen LogP) is 1.84. The van der Waals surface area contributed by atoms with Crippen molar-refractivity contribution in [3.05, 3.63) is 0 Å². The highest BCUT2D eigenvalue weighted by molar-refractivity contribution is 14.1. The Morgan fingerprint density at radius 2 is 2.55 bits per heavy atom. The first-order valence-electron chi connectivity index (χ1n) is 4.22. The molecule has 64 valence electrons. The van der Waals surface area contributed by atoms with Crippen molar-refractivity contribution in [1.29, 1.82) is 0 Å². The van der Waals surface area contributed by atoms with Crippen LogP contribution in [-0.2, 0) is 0 Å². The van der Waals surface area contributed by atoms with Crippen molar-refractivity contribution in [2.45, 2.75) is 19.8 Å². The van der Waals surface area contributed by atoms with Crippen LogP contribution in [-0.4, -0.2) is 23.4 Å². The standard InChI is InChI=1S/C8H15IN2/c1-2-10-8-7(6-9)4-3-5-11-8/h7H,2-6H2,1H3,(H,10,11). The smallest absolute Gasteiger partial charge is 0.100 e. The molecule has 0 spiro atoms. The van der Waals surface area contributed by atoms with Gasteiger partial charge in [-0.1, -0.05) is 22.6 Å². The van der Waals surface area contributed by atoms with Crippen molar-refractivity contribution in [3.63, 3.8) is 0 Å². The second kappa shape index (κ2) is 4.95. The number of hydrogen-bond acceptors (Lipinski definition) is 2. The topological polar surface area (TPSA) is 24.4 Å². The molecule has 11 heavy (non-hydrogen) atoms. The van der Waals surface area contributed by atoms with Crippen LogP contribution in [0.4, 0.5) is 0 Å². The van der Waals surface area contributed by atoms with Gasteiger partial charge in [-0.15, -0.1) is 0 Å². The Hall–Kier alpha value is 0.200. The molecule has 1 rings (SSSR count). The van der Waals surface area contributed by atoms with Crippen LogP contribution in [0.1, 0.15) is 19.8 Å². The van der Waals surface area contributed by atoms with Crippen LogP contribution in [0.5, 0.6) is 0 Å². The third-order valence-electron chi connectivity index (χ3n) is 1.92. The van der Waals surface area contributed by atoms with Gasteiger partial charge in [-0.05, 0) is 19.8 Å². The molecular formula is C8H15IN2. The van der Waals surface area contributed by atoms with E-state index in [9.17, 15) is 0 Å². The van der Waals surface area contributed by atoms with Crippen molar-refractivity contribution in [1.82, 2.24) is 5.32 Å². The molecule has 0 saturated heterocycles. The number of rotatable bonds is 2. The maximum absolute atomic E-state index is 4.47.